The number of aromatic nitrogens is 1. The predicted octanol–water partition coefficient (Wildman–Crippen LogP) is 4.09. The Balaban J connectivity index is 1.54. The first-order valence-electron chi connectivity index (χ1n) is 11.2. The number of pyridine rings is 1. The Morgan fingerprint density at radius 3 is 2.65 bits per heavy atom. The van der Waals surface area contributed by atoms with Crippen LogP contribution in [-0.2, 0) is 17.7 Å². The number of likely N-dealkylation sites (tertiary alicyclic amines) is 1. The van der Waals surface area contributed by atoms with Gasteiger partial charge in [0.2, 0.25) is 5.95 Å². The number of nitrogens with zero attached hydrogens (tertiary/aromatic N) is 3. The van der Waals surface area contributed by atoms with Gasteiger partial charge in [0.15, 0.2) is 0 Å². The lowest BCUT2D eigenvalue weighted by Crippen LogP contribution is -2.50. The molecule has 2 aliphatic heterocycles. The van der Waals surface area contributed by atoms with Crippen molar-refractivity contribution in [3.8, 4) is 28.0 Å². The first-order chi connectivity index (χ1) is 16.5. The Kier molecular flexibility index (Phi) is 6.02. The number of benzene rings is 2. The number of anilines is 1. The highest BCUT2D eigenvalue weighted by Crippen LogP contribution is 2.36. The van der Waals surface area contributed by atoms with Crippen LogP contribution in [0.1, 0.15) is 16.7 Å². The molecule has 0 spiro atoms. The lowest BCUT2D eigenvalue weighted by atomic mass is 9.94. The molecule has 0 unspecified atom stereocenters. The van der Waals surface area contributed by atoms with Crippen LogP contribution in [0.15, 0.2) is 41.4 Å². The standard InChI is InChI=1S/C26H26F2N4O2/c1-33-19-13-32(14-19)12-18-7-16(3-4-24(18)34-2)20-10-22(26(29)31-25(20)28)21-8-15-5-6-30-11-17(15)9-23(21)27/h3-4,7-11,19H,5-6,12-14H2,1-2H3,(H2,29,31). The molecule has 0 bridgehead atoms. The second-order valence-electron chi connectivity index (χ2n) is 8.65. The molecule has 5 rings (SSSR count). The van der Waals surface area contributed by atoms with E-state index in [0.29, 0.717) is 36.2 Å². The molecular weight excluding hydrogens is 438 g/mol. The Labute approximate surface area is 197 Å². The van der Waals surface area contributed by atoms with Crippen molar-refractivity contribution in [1.29, 1.82) is 0 Å². The summed E-state index contributed by atoms with van der Waals surface area (Å²) in [7, 11) is 3.32. The van der Waals surface area contributed by atoms with Gasteiger partial charge in [0, 0.05) is 61.8 Å². The van der Waals surface area contributed by atoms with Gasteiger partial charge < -0.3 is 15.2 Å². The van der Waals surface area contributed by atoms with Crippen molar-refractivity contribution in [3.05, 3.63) is 64.9 Å². The molecule has 0 amide bonds. The molecule has 6 nitrogen and oxygen atoms in total. The zero-order valence-electron chi connectivity index (χ0n) is 19.1. The number of hydrogen-bond donors (Lipinski definition) is 1. The van der Waals surface area contributed by atoms with E-state index in [1.54, 1.807) is 38.6 Å². The molecule has 0 atom stereocenters. The number of nitrogens with two attached hydrogens (primary N) is 1. The molecule has 0 radical (unpaired) electrons. The highest BCUT2D eigenvalue weighted by Gasteiger charge is 2.27. The molecule has 8 heteroatoms. The van der Waals surface area contributed by atoms with E-state index >= 15 is 4.39 Å². The van der Waals surface area contributed by atoms with Crippen molar-refractivity contribution in [2.75, 3.05) is 39.6 Å². The van der Waals surface area contributed by atoms with Crippen LogP contribution >= 0.6 is 0 Å². The molecule has 0 aliphatic carbocycles. The summed E-state index contributed by atoms with van der Waals surface area (Å²) in [4.78, 5) is 10.4. The van der Waals surface area contributed by atoms with E-state index < -0.39 is 11.8 Å². The lowest BCUT2D eigenvalue weighted by molar-refractivity contribution is -0.0336. The monoisotopic (exact) mass is 464 g/mol. The van der Waals surface area contributed by atoms with Crippen LogP contribution < -0.4 is 10.5 Å². The average Bonchev–Trinajstić information content (AvgIpc) is 2.81. The van der Waals surface area contributed by atoms with Gasteiger partial charge in [0.1, 0.15) is 17.4 Å². The minimum absolute atomic E-state index is 0.0514. The maximum atomic E-state index is 15.0. The number of aliphatic imine (C=N–C) groups is 1. The van der Waals surface area contributed by atoms with Crippen LogP contribution in [0.4, 0.5) is 14.6 Å². The first-order valence-corrected chi connectivity index (χ1v) is 11.2. The van der Waals surface area contributed by atoms with Gasteiger partial charge in [-0.25, -0.2) is 9.37 Å². The zero-order chi connectivity index (χ0) is 23.8. The third-order valence-electron chi connectivity index (χ3n) is 6.51. The topological polar surface area (TPSA) is 73.0 Å². The number of rotatable bonds is 6. The van der Waals surface area contributed by atoms with E-state index in [1.165, 1.54) is 6.07 Å². The largest absolute Gasteiger partial charge is 0.496 e. The van der Waals surface area contributed by atoms with Gasteiger partial charge in [0.25, 0.3) is 0 Å². The van der Waals surface area contributed by atoms with Gasteiger partial charge in [-0.15, -0.1) is 0 Å². The highest BCUT2D eigenvalue weighted by atomic mass is 19.1. The van der Waals surface area contributed by atoms with Gasteiger partial charge in [-0.05, 0) is 53.4 Å². The molecule has 1 saturated heterocycles. The van der Waals surface area contributed by atoms with Crippen LogP contribution in [-0.4, -0.2) is 56.1 Å². The van der Waals surface area contributed by atoms with Crippen molar-refractivity contribution in [3.63, 3.8) is 0 Å². The third kappa shape index (κ3) is 4.15. The van der Waals surface area contributed by atoms with Gasteiger partial charge in [-0.2, -0.15) is 4.39 Å². The molecule has 2 aliphatic rings. The Morgan fingerprint density at radius 2 is 1.88 bits per heavy atom. The molecule has 3 aromatic rings. The minimum atomic E-state index is -0.703. The Morgan fingerprint density at radius 1 is 1.06 bits per heavy atom. The molecule has 1 fully saturated rings. The third-order valence-corrected chi connectivity index (χ3v) is 6.51. The van der Waals surface area contributed by atoms with Crippen molar-refractivity contribution >= 4 is 12.0 Å². The summed E-state index contributed by atoms with van der Waals surface area (Å²) in [6, 6.07) is 10.3. The molecule has 0 saturated carbocycles. The summed E-state index contributed by atoms with van der Waals surface area (Å²) in [6.07, 6.45) is 2.62. The van der Waals surface area contributed by atoms with Crippen LogP contribution in [0.3, 0.4) is 0 Å². The zero-order valence-corrected chi connectivity index (χ0v) is 19.1. The van der Waals surface area contributed by atoms with Crippen LogP contribution in [0.5, 0.6) is 5.75 Å². The summed E-state index contributed by atoms with van der Waals surface area (Å²) < 4.78 is 40.9. The smallest absolute Gasteiger partial charge is 0.222 e. The maximum absolute atomic E-state index is 15.0. The average molecular weight is 465 g/mol. The van der Waals surface area contributed by atoms with E-state index in [-0.39, 0.29) is 17.5 Å². The fourth-order valence-corrected chi connectivity index (χ4v) is 4.56. The van der Waals surface area contributed by atoms with Crippen LogP contribution in [0, 0.1) is 11.8 Å². The number of nitrogen functional groups attached to an aromatic ring is 1. The normalized spacial score (nSPS) is 15.8. The number of halogens is 2. The summed E-state index contributed by atoms with van der Waals surface area (Å²) in [6.45, 7) is 2.95. The fourth-order valence-electron chi connectivity index (χ4n) is 4.56. The van der Waals surface area contributed by atoms with E-state index in [4.69, 9.17) is 15.2 Å². The Hall–Kier alpha value is -3.36. The van der Waals surface area contributed by atoms with E-state index in [1.807, 2.05) is 12.1 Å². The highest BCUT2D eigenvalue weighted by molar-refractivity contribution is 5.87. The molecular formula is C26H26F2N4O2. The second-order valence-corrected chi connectivity index (χ2v) is 8.65. The molecule has 176 valence electrons. The quantitative estimate of drug-likeness (QED) is 0.557. The fraction of sp³-hybridized carbons (Fsp3) is 0.308. The summed E-state index contributed by atoms with van der Waals surface area (Å²) >= 11 is 0. The number of fused-ring (bicyclic) bond motifs is 1. The second kappa shape index (κ2) is 9.12. The van der Waals surface area contributed by atoms with E-state index in [2.05, 4.69) is 14.9 Å². The van der Waals surface area contributed by atoms with Gasteiger partial charge in [0.05, 0.1) is 13.2 Å². The number of hydrogen-bond acceptors (Lipinski definition) is 6. The SMILES string of the molecule is COc1ccc(-c2cc(-c3cc4c(cc3F)C=NCC4)c(N)nc2F)cc1CN1CC(OC)C1. The molecule has 1 aromatic heterocycles. The predicted molar refractivity (Wildman–Crippen MR) is 128 cm³/mol. The van der Waals surface area contributed by atoms with E-state index in [0.717, 1.165) is 35.5 Å². The van der Waals surface area contributed by atoms with E-state index in [9.17, 15) is 4.39 Å². The minimum Gasteiger partial charge on any atom is -0.496 e. The van der Waals surface area contributed by atoms with Crippen molar-refractivity contribution in [1.82, 2.24) is 9.88 Å². The molecule has 2 N–H and O–H groups in total. The Bertz CT molecular complexity index is 1270. The van der Waals surface area contributed by atoms with Crippen molar-refractivity contribution in [2.24, 2.45) is 4.99 Å². The first kappa shape index (κ1) is 22.4. The summed E-state index contributed by atoms with van der Waals surface area (Å²) in [5.74, 6) is -0.481. The molecule has 2 aromatic carbocycles. The van der Waals surface area contributed by atoms with Crippen molar-refractivity contribution < 1.29 is 18.3 Å². The molecule has 3 heterocycles. The van der Waals surface area contributed by atoms with Crippen molar-refractivity contribution in [2.45, 2.75) is 19.1 Å². The maximum Gasteiger partial charge on any atom is 0.222 e. The summed E-state index contributed by atoms with van der Waals surface area (Å²) in [5.41, 5.74) is 10.3. The number of methoxy groups -OCH3 is 2. The van der Waals surface area contributed by atoms with Gasteiger partial charge in [-0.3, -0.25) is 9.89 Å². The summed E-state index contributed by atoms with van der Waals surface area (Å²) in [5, 5.41) is 0. The van der Waals surface area contributed by atoms with Gasteiger partial charge in [-0.1, -0.05) is 6.07 Å². The number of ether oxygens (including phenoxy) is 2. The van der Waals surface area contributed by atoms with Crippen LogP contribution in [0.25, 0.3) is 22.3 Å². The lowest BCUT2D eigenvalue weighted by Gasteiger charge is -2.38. The molecule has 34 heavy (non-hydrogen) atoms. The van der Waals surface area contributed by atoms with Crippen LogP contribution in [0.2, 0.25) is 0 Å². The van der Waals surface area contributed by atoms with Gasteiger partial charge >= 0.3 is 0 Å².